The molecule has 76 heavy (non-hydrogen) atoms. The highest BCUT2D eigenvalue weighted by Gasteiger charge is 2.33. The van der Waals surface area contributed by atoms with Crippen molar-refractivity contribution in [2.45, 2.75) is 95.5 Å². The highest BCUT2D eigenvalue weighted by atomic mass is 19.1. The highest BCUT2D eigenvalue weighted by molar-refractivity contribution is 6.02. The molecule has 6 aromatic heterocycles. The van der Waals surface area contributed by atoms with E-state index in [0.717, 1.165) is 48.1 Å². The summed E-state index contributed by atoms with van der Waals surface area (Å²) in [4.78, 5) is 58.1. The Hall–Kier alpha value is -8.56. The monoisotopic (exact) mass is 1040 g/mol. The molecule has 3 N–H and O–H groups in total. The predicted molar refractivity (Wildman–Crippen MR) is 268 cm³/mol. The lowest BCUT2D eigenvalue weighted by Gasteiger charge is -2.27. The van der Waals surface area contributed by atoms with Crippen molar-refractivity contribution in [3.63, 3.8) is 0 Å². The average molecular weight is 1040 g/mol. The standard InChI is InChI=1S/C28H28F2N6O3.C26H24F2N6O3/c1-2-39-28(38)24-13-20-7-6-18(16-36(20)33-24)32-27(37)22-15-31-35-11-9-19(14-26(22)35)34-10-3-4-25(34)21-12-17(29)5-8-23(21)30;27-15-3-4-20(28)18(10-15)22-2-1-7-33(22)17-6-9-34-23(12-17)19(13-29-34)25(35)30-16-5-8-32-14-21(26(36)37)31-24(32)11-16/h5,8-9,11-15,18,25H,2-4,6-7,10,16H2,1H3,(H,32,37);3-4,6,9-10,12-14,16,22H,1-2,5,7-8,11H2,(H,30,35)(H,36,37)/t18?,25-;16?,22-/m11/s1. The molecule has 0 radical (unpaired) electrons. The third-order valence-electron chi connectivity index (χ3n) is 14.7. The molecule has 392 valence electrons. The van der Waals surface area contributed by atoms with Gasteiger partial charge in [0.05, 0.1) is 59.8 Å². The van der Waals surface area contributed by atoms with Crippen LogP contribution in [-0.4, -0.2) is 99.2 Å². The van der Waals surface area contributed by atoms with E-state index in [0.29, 0.717) is 104 Å². The van der Waals surface area contributed by atoms with E-state index in [-0.39, 0.29) is 54.0 Å². The number of nitrogens with zero attached hydrogens (tertiary/aromatic N) is 10. The number of carboxylic acids is 1. The van der Waals surface area contributed by atoms with Gasteiger partial charge in [-0.2, -0.15) is 15.3 Å². The Morgan fingerprint density at radius 3 is 1.84 bits per heavy atom. The number of hydrogen-bond donors (Lipinski definition) is 3. The third kappa shape index (κ3) is 9.81. The summed E-state index contributed by atoms with van der Waals surface area (Å²) in [6, 6.07) is 15.3. The molecule has 4 aliphatic heterocycles. The molecule has 8 aromatic rings. The van der Waals surface area contributed by atoms with Gasteiger partial charge in [0.1, 0.15) is 29.1 Å². The Bertz CT molecular complexity index is 3550. The van der Waals surface area contributed by atoms with Gasteiger partial charge in [0.2, 0.25) is 0 Å². The van der Waals surface area contributed by atoms with E-state index in [4.69, 9.17) is 4.74 Å². The molecule has 10 heterocycles. The Morgan fingerprint density at radius 2 is 1.28 bits per heavy atom. The number of imidazole rings is 1. The van der Waals surface area contributed by atoms with Crippen LogP contribution in [0.2, 0.25) is 0 Å². The van der Waals surface area contributed by atoms with E-state index in [2.05, 4.69) is 30.9 Å². The van der Waals surface area contributed by atoms with Crippen LogP contribution < -0.4 is 20.4 Å². The minimum absolute atomic E-state index is 0.00419. The topological polar surface area (TPSA) is 199 Å². The van der Waals surface area contributed by atoms with E-state index < -0.39 is 35.2 Å². The van der Waals surface area contributed by atoms with Crippen LogP contribution in [0.3, 0.4) is 0 Å². The van der Waals surface area contributed by atoms with Gasteiger partial charge in [-0.25, -0.2) is 41.2 Å². The number of aromatic nitrogens is 8. The molecule has 2 aromatic carbocycles. The van der Waals surface area contributed by atoms with E-state index in [9.17, 15) is 41.8 Å². The number of carboxylic acid groups (broad SMARTS) is 1. The Morgan fingerprint density at radius 1 is 0.697 bits per heavy atom. The first kappa shape index (κ1) is 49.6. The van der Waals surface area contributed by atoms with Gasteiger partial charge in [0, 0.05) is 84.9 Å². The smallest absolute Gasteiger partial charge is 0.358 e. The van der Waals surface area contributed by atoms with Gasteiger partial charge in [-0.1, -0.05) is 0 Å². The van der Waals surface area contributed by atoms with Crippen molar-refractivity contribution in [3.05, 3.63) is 166 Å². The number of ether oxygens (including phenoxy) is 1. The first-order valence-electron chi connectivity index (χ1n) is 25.3. The molecular weight excluding hydrogens is 989 g/mol. The fourth-order valence-electron chi connectivity index (χ4n) is 11.0. The van der Waals surface area contributed by atoms with Crippen LogP contribution in [0.25, 0.3) is 11.0 Å². The lowest BCUT2D eigenvalue weighted by atomic mass is 10.0. The summed E-state index contributed by atoms with van der Waals surface area (Å²) in [5.41, 5.74) is 5.51. The van der Waals surface area contributed by atoms with Gasteiger partial charge in [-0.3, -0.25) is 14.3 Å². The predicted octanol–water partition coefficient (Wildman–Crippen LogP) is 7.67. The summed E-state index contributed by atoms with van der Waals surface area (Å²) in [7, 11) is 0. The van der Waals surface area contributed by atoms with E-state index >= 15 is 0 Å². The number of halogens is 4. The van der Waals surface area contributed by atoms with Crippen LogP contribution in [0, 0.1) is 23.3 Å². The quantitative estimate of drug-likeness (QED) is 0.0846. The number of amides is 2. The number of fused-ring (bicyclic) bond motifs is 4. The second-order valence-corrected chi connectivity index (χ2v) is 19.4. The maximum Gasteiger partial charge on any atom is 0.358 e. The van der Waals surface area contributed by atoms with Crippen molar-refractivity contribution >= 4 is 46.2 Å². The zero-order valence-electron chi connectivity index (χ0n) is 41.2. The number of nitrogens with one attached hydrogen (secondary N) is 2. The zero-order chi connectivity index (χ0) is 52.8. The summed E-state index contributed by atoms with van der Waals surface area (Å²) in [5.74, 6) is -3.27. The first-order chi connectivity index (χ1) is 36.8. The van der Waals surface area contributed by atoms with Crippen molar-refractivity contribution in [1.29, 1.82) is 0 Å². The molecule has 4 atom stereocenters. The molecule has 22 heteroatoms. The lowest BCUT2D eigenvalue weighted by molar-refractivity contribution is 0.0517. The minimum atomic E-state index is -1.08. The average Bonchev–Trinajstić information content (AvgIpc) is 4.29. The second-order valence-electron chi connectivity index (χ2n) is 19.4. The Balaban J connectivity index is 0.000000162. The van der Waals surface area contributed by atoms with Crippen molar-refractivity contribution in [2.75, 3.05) is 29.5 Å². The number of aryl methyl sites for hydroxylation is 2. The number of pyridine rings is 2. The summed E-state index contributed by atoms with van der Waals surface area (Å²) >= 11 is 0. The van der Waals surface area contributed by atoms with Crippen LogP contribution in [0.15, 0.2) is 97.7 Å². The summed E-state index contributed by atoms with van der Waals surface area (Å²) in [6.45, 7) is 4.40. The van der Waals surface area contributed by atoms with Crippen molar-refractivity contribution in [1.82, 2.24) is 49.2 Å². The molecule has 0 spiro atoms. The largest absolute Gasteiger partial charge is 0.476 e. The summed E-state index contributed by atoms with van der Waals surface area (Å²) < 4.78 is 68.8. The van der Waals surface area contributed by atoms with Gasteiger partial charge in [0.15, 0.2) is 11.4 Å². The van der Waals surface area contributed by atoms with Crippen LogP contribution in [0.4, 0.5) is 28.9 Å². The van der Waals surface area contributed by atoms with Crippen LogP contribution in [0.5, 0.6) is 0 Å². The molecule has 0 bridgehead atoms. The number of carbonyl (C=O) groups excluding carboxylic acids is 3. The molecular formula is C54H52F4N12O6. The SMILES string of the molecule is CCOC(=O)c1cc2n(n1)CC(NC(=O)c1cnn3ccc(N4CCC[C@@H]4c4cc(F)ccc4F)cc13)CC2.O=C(O)c1cn2c(n1)CC(NC(=O)c1cnn3ccc(N4CCC[C@@H]4c4cc(F)ccc4F)cc13)CC2. The number of benzene rings is 2. The van der Waals surface area contributed by atoms with Crippen LogP contribution >= 0.6 is 0 Å². The third-order valence-corrected chi connectivity index (χ3v) is 14.7. The molecule has 2 fully saturated rings. The molecule has 12 rings (SSSR count). The van der Waals surface area contributed by atoms with E-state index in [1.807, 2.05) is 38.6 Å². The number of carbonyl (C=O) groups is 4. The highest BCUT2D eigenvalue weighted by Crippen LogP contribution is 2.40. The molecule has 2 unspecified atom stereocenters. The minimum Gasteiger partial charge on any atom is -0.476 e. The van der Waals surface area contributed by atoms with Crippen LogP contribution in [-0.2, 0) is 30.7 Å². The van der Waals surface area contributed by atoms with Gasteiger partial charge < -0.3 is 34.8 Å². The Labute approximate surface area is 431 Å². The second kappa shape index (κ2) is 20.6. The maximum atomic E-state index is 14.6. The van der Waals surface area contributed by atoms with Crippen LogP contribution in [0.1, 0.15) is 122 Å². The fraction of sp³-hybridized carbons (Fsp3) is 0.333. The number of rotatable bonds is 11. The number of esters is 1. The van der Waals surface area contributed by atoms with Crippen molar-refractivity contribution in [3.8, 4) is 0 Å². The van der Waals surface area contributed by atoms with Gasteiger partial charge >= 0.3 is 11.9 Å². The fourth-order valence-corrected chi connectivity index (χ4v) is 11.0. The van der Waals surface area contributed by atoms with Crippen molar-refractivity contribution < 1.29 is 46.6 Å². The molecule has 4 aliphatic rings. The van der Waals surface area contributed by atoms with Crippen molar-refractivity contribution in [2.24, 2.45) is 0 Å². The molecule has 0 aliphatic carbocycles. The summed E-state index contributed by atoms with van der Waals surface area (Å²) in [5, 5.41) is 28.3. The normalized spacial score (nSPS) is 19.0. The number of anilines is 2. The Kier molecular flexibility index (Phi) is 13.5. The first-order valence-corrected chi connectivity index (χ1v) is 25.3. The lowest BCUT2D eigenvalue weighted by Crippen LogP contribution is -2.41. The molecule has 2 saturated heterocycles. The maximum absolute atomic E-state index is 14.6. The molecule has 2 amide bonds. The van der Waals surface area contributed by atoms with Gasteiger partial charge in [0.25, 0.3) is 11.8 Å². The molecule has 0 saturated carbocycles. The summed E-state index contributed by atoms with van der Waals surface area (Å²) in [6.07, 6.45) is 13.6. The molecule has 18 nitrogen and oxygen atoms in total. The number of aromatic carboxylic acids is 1. The van der Waals surface area contributed by atoms with Gasteiger partial charge in [-0.15, -0.1) is 0 Å². The van der Waals surface area contributed by atoms with E-state index in [1.165, 1.54) is 36.8 Å². The zero-order valence-corrected chi connectivity index (χ0v) is 41.2. The number of hydrogen-bond acceptors (Lipinski definition) is 11. The van der Waals surface area contributed by atoms with Gasteiger partial charge in [-0.05, 0) is 119 Å². The van der Waals surface area contributed by atoms with E-state index in [1.54, 1.807) is 39.1 Å².